The lowest BCUT2D eigenvalue weighted by Crippen LogP contribution is -2.43. The number of anilines is 2. The molecule has 0 fully saturated rings. The van der Waals surface area contributed by atoms with Crippen LogP contribution in [-0.2, 0) is 15.0 Å². The summed E-state index contributed by atoms with van der Waals surface area (Å²) in [6.45, 7) is 0. The van der Waals surface area contributed by atoms with Crippen molar-refractivity contribution in [1.29, 1.82) is 0 Å². The number of hydrogen-bond donors (Lipinski definition) is 2. The summed E-state index contributed by atoms with van der Waals surface area (Å²) in [5, 5.41) is 9.55. The molecule has 5 rings (SSSR count). The largest absolute Gasteiger partial charge is 0.573 e. The highest BCUT2D eigenvalue weighted by atomic mass is 19.4. The molecule has 3 heterocycles. The molecule has 1 atom stereocenters. The number of amides is 2. The van der Waals surface area contributed by atoms with Gasteiger partial charge >= 0.3 is 6.36 Å². The van der Waals surface area contributed by atoms with Crippen LogP contribution < -0.4 is 15.4 Å². The highest BCUT2D eigenvalue weighted by Crippen LogP contribution is 2.50. The van der Waals surface area contributed by atoms with E-state index in [0.717, 1.165) is 12.1 Å². The zero-order valence-electron chi connectivity index (χ0n) is 15.5. The van der Waals surface area contributed by atoms with Gasteiger partial charge in [0.15, 0.2) is 0 Å². The maximum absolute atomic E-state index is 14.0. The second-order valence-corrected chi connectivity index (χ2v) is 7.13. The Morgan fingerprint density at radius 1 is 1.03 bits per heavy atom. The molecule has 2 amide bonds. The van der Waals surface area contributed by atoms with Crippen molar-refractivity contribution in [2.45, 2.75) is 18.2 Å². The van der Waals surface area contributed by atoms with Gasteiger partial charge < -0.3 is 15.4 Å². The number of carbonyl (C=O) groups is 2. The number of nitrogens with one attached hydrogen (secondary N) is 2. The van der Waals surface area contributed by atoms with E-state index in [4.69, 9.17) is 0 Å². The zero-order valence-corrected chi connectivity index (χ0v) is 15.5. The third-order valence-corrected chi connectivity index (χ3v) is 5.30. The lowest BCUT2D eigenvalue weighted by atomic mass is 9.72. The second-order valence-electron chi connectivity index (χ2n) is 7.13. The molecule has 2 aromatic carbocycles. The Bertz CT molecular complexity index is 1240. The molecule has 0 radical (unpaired) electrons. The van der Waals surface area contributed by atoms with Crippen molar-refractivity contribution in [2.24, 2.45) is 0 Å². The predicted octanol–water partition coefficient (Wildman–Crippen LogP) is 3.49. The molecule has 3 aromatic rings. The minimum atomic E-state index is -4.83. The van der Waals surface area contributed by atoms with Crippen LogP contribution in [0.2, 0.25) is 0 Å². The predicted molar refractivity (Wildman–Crippen MR) is 99.3 cm³/mol. The lowest BCUT2D eigenvalue weighted by molar-refractivity contribution is -0.274. The molecule has 2 N–H and O–H groups in total. The molecule has 31 heavy (non-hydrogen) atoms. The molecule has 7 nitrogen and oxygen atoms in total. The first kappa shape index (κ1) is 19.1. The smallest absolute Gasteiger partial charge is 0.406 e. The molecular formula is C20H12F4N4O3. The molecule has 11 heteroatoms. The van der Waals surface area contributed by atoms with Crippen molar-refractivity contribution in [3.8, 4) is 11.4 Å². The van der Waals surface area contributed by atoms with Crippen molar-refractivity contribution >= 4 is 23.3 Å². The van der Waals surface area contributed by atoms with Crippen LogP contribution in [0.4, 0.5) is 29.1 Å². The van der Waals surface area contributed by atoms with Crippen molar-refractivity contribution in [1.82, 2.24) is 9.78 Å². The molecule has 0 saturated heterocycles. The first-order chi connectivity index (χ1) is 14.7. The molecule has 0 saturated carbocycles. The number of aromatic nitrogens is 2. The molecule has 1 spiro atoms. The number of carbonyl (C=O) groups excluding carboxylic acids is 2. The monoisotopic (exact) mass is 432 g/mol. The Morgan fingerprint density at radius 3 is 2.48 bits per heavy atom. The van der Waals surface area contributed by atoms with Gasteiger partial charge in [-0.05, 0) is 48.0 Å². The van der Waals surface area contributed by atoms with Crippen molar-refractivity contribution in [3.63, 3.8) is 0 Å². The fourth-order valence-corrected chi connectivity index (χ4v) is 4.05. The van der Waals surface area contributed by atoms with Crippen LogP contribution in [-0.4, -0.2) is 28.0 Å². The summed E-state index contributed by atoms with van der Waals surface area (Å²) in [4.78, 5) is 25.5. The summed E-state index contributed by atoms with van der Waals surface area (Å²) >= 11 is 0. The first-order valence-corrected chi connectivity index (χ1v) is 9.03. The Balaban J connectivity index is 1.62. The second kappa shape index (κ2) is 6.30. The number of fused-ring (bicyclic) bond motifs is 4. The van der Waals surface area contributed by atoms with Crippen molar-refractivity contribution < 1.29 is 31.9 Å². The van der Waals surface area contributed by atoms with Crippen LogP contribution in [0.1, 0.15) is 17.5 Å². The zero-order chi connectivity index (χ0) is 22.0. The van der Waals surface area contributed by atoms with Crippen LogP contribution in [0, 0.1) is 5.82 Å². The topological polar surface area (TPSA) is 85.2 Å². The number of benzene rings is 2. The van der Waals surface area contributed by atoms with Gasteiger partial charge in [0.05, 0.1) is 11.9 Å². The minimum absolute atomic E-state index is 0.174. The maximum Gasteiger partial charge on any atom is 0.573 e. The third kappa shape index (κ3) is 2.92. The van der Waals surface area contributed by atoms with Crippen molar-refractivity contribution in [3.05, 3.63) is 65.6 Å². The van der Waals surface area contributed by atoms with Crippen LogP contribution in [0.15, 0.2) is 48.7 Å². The summed E-state index contributed by atoms with van der Waals surface area (Å²) in [5.74, 6) is -1.78. The molecular weight excluding hydrogens is 420 g/mol. The number of ether oxygens (including phenoxy) is 1. The van der Waals surface area contributed by atoms with Gasteiger partial charge in [-0.15, -0.1) is 13.2 Å². The quantitative estimate of drug-likeness (QED) is 0.608. The maximum atomic E-state index is 14.0. The summed E-state index contributed by atoms with van der Waals surface area (Å²) in [6, 6.07) is 8.68. The number of alkyl halides is 3. The van der Waals surface area contributed by atoms with E-state index in [-0.39, 0.29) is 12.2 Å². The highest BCUT2D eigenvalue weighted by Gasteiger charge is 2.54. The van der Waals surface area contributed by atoms with Gasteiger partial charge in [0.25, 0.3) is 0 Å². The number of rotatable bonds is 2. The van der Waals surface area contributed by atoms with E-state index < -0.39 is 35.2 Å². The summed E-state index contributed by atoms with van der Waals surface area (Å²) in [5.41, 5.74) is -0.0711. The molecule has 0 bridgehead atoms. The van der Waals surface area contributed by atoms with E-state index >= 15 is 0 Å². The van der Waals surface area contributed by atoms with Crippen LogP contribution >= 0.6 is 0 Å². The van der Waals surface area contributed by atoms with Gasteiger partial charge in [0.1, 0.15) is 22.8 Å². The Kier molecular flexibility index (Phi) is 3.88. The summed E-state index contributed by atoms with van der Waals surface area (Å²) < 4.78 is 56.3. The first-order valence-electron chi connectivity index (χ1n) is 9.03. The standard InChI is InChI=1S/C20H12F4N4O3/c21-10-1-6-15-13(7-10)19(18(30)26-15)8-16(29)27-17-14(19)9-25-28(17)11-2-4-12(5-3-11)31-20(22,23)24/h1-7,9H,8H2,(H,26,30)(H,27,29)/t19-/m1/s1. The van der Waals surface area contributed by atoms with E-state index in [1.165, 1.54) is 41.2 Å². The molecule has 2 aliphatic rings. The van der Waals surface area contributed by atoms with Crippen molar-refractivity contribution in [2.75, 3.05) is 10.6 Å². The Hall–Kier alpha value is -3.89. The van der Waals surface area contributed by atoms with Gasteiger partial charge in [-0.1, -0.05) is 0 Å². The summed E-state index contributed by atoms with van der Waals surface area (Å²) in [7, 11) is 0. The highest BCUT2D eigenvalue weighted by molar-refractivity contribution is 6.14. The SMILES string of the molecule is O=C1C[C@]2(C(=O)Nc3ccc(F)cc32)c2cnn(-c3ccc(OC(F)(F)F)cc3)c2N1. The van der Waals surface area contributed by atoms with Gasteiger partial charge in [-0.25, -0.2) is 9.07 Å². The molecule has 0 unspecified atom stereocenters. The van der Waals surface area contributed by atoms with E-state index in [1.807, 2.05) is 0 Å². The summed E-state index contributed by atoms with van der Waals surface area (Å²) in [6.07, 6.45) is -3.69. The number of hydrogen-bond acceptors (Lipinski definition) is 4. The van der Waals surface area contributed by atoms with E-state index in [1.54, 1.807) is 0 Å². The number of nitrogens with zero attached hydrogens (tertiary/aromatic N) is 2. The van der Waals surface area contributed by atoms with E-state index in [2.05, 4.69) is 20.5 Å². The van der Waals surface area contributed by atoms with Gasteiger partial charge in [-0.3, -0.25) is 9.59 Å². The Morgan fingerprint density at radius 2 is 1.77 bits per heavy atom. The molecule has 0 aliphatic carbocycles. The fourth-order valence-electron chi connectivity index (χ4n) is 4.05. The van der Waals surface area contributed by atoms with Gasteiger partial charge in [0.2, 0.25) is 11.8 Å². The van der Waals surface area contributed by atoms with E-state index in [9.17, 15) is 27.2 Å². The van der Waals surface area contributed by atoms with E-state index in [0.29, 0.717) is 22.5 Å². The van der Waals surface area contributed by atoms with Gasteiger partial charge in [-0.2, -0.15) is 5.10 Å². The average Bonchev–Trinajstić information content (AvgIpc) is 3.22. The molecule has 158 valence electrons. The third-order valence-electron chi connectivity index (χ3n) is 5.30. The molecule has 2 aliphatic heterocycles. The number of halogens is 4. The normalized spacial score (nSPS) is 19.6. The van der Waals surface area contributed by atoms with Crippen LogP contribution in [0.3, 0.4) is 0 Å². The van der Waals surface area contributed by atoms with Crippen LogP contribution in [0.25, 0.3) is 5.69 Å². The average molecular weight is 432 g/mol. The minimum Gasteiger partial charge on any atom is -0.406 e. The Labute approximate surface area is 171 Å². The van der Waals surface area contributed by atoms with Crippen LogP contribution in [0.5, 0.6) is 5.75 Å². The molecule has 1 aromatic heterocycles. The van der Waals surface area contributed by atoms with Gasteiger partial charge in [0, 0.05) is 17.7 Å². The lowest BCUT2D eigenvalue weighted by Gasteiger charge is -2.31. The fraction of sp³-hybridized carbons (Fsp3) is 0.150.